The zero-order valence-corrected chi connectivity index (χ0v) is 22.1. The molecule has 1 saturated heterocycles. The van der Waals surface area contributed by atoms with Crippen LogP contribution in [0.4, 0.5) is 4.79 Å². The fraction of sp³-hybridized carbons (Fsp3) is 0.464. The van der Waals surface area contributed by atoms with Gasteiger partial charge in [-0.3, -0.25) is 14.8 Å². The molecular weight excluding hydrogens is 474 g/mol. The molecule has 1 fully saturated rings. The van der Waals surface area contributed by atoms with Crippen molar-refractivity contribution in [2.75, 3.05) is 6.54 Å². The normalized spacial score (nSPS) is 19.7. The minimum absolute atomic E-state index is 0.154. The van der Waals surface area contributed by atoms with Gasteiger partial charge in [0.2, 0.25) is 5.91 Å². The number of rotatable bonds is 7. The van der Waals surface area contributed by atoms with E-state index in [2.05, 4.69) is 23.5 Å². The van der Waals surface area contributed by atoms with E-state index in [1.165, 1.54) is 4.90 Å². The van der Waals surface area contributed by atoms with Gasteiger partial charge in [-0.05, 0) is 67.5 Å². The summed E-state index contributed by atoms with van der Waals surface area (Å²) in [6, 6.07) is 12.5. The van der Waals surface area contributed by atoms with Gasteiger partial charge in [-0.25, -0.2) is 10.3 Å². The van der Waals surface area contributed by atoms with Crippen molar-refractivity contribution in [3.05, 3.63) is 64.7 Å². The van der Waals surface area contributed by atoms with Crippen LogP contribution in [-0.4, -0.2) is 51.2 Å². The van der Waals surface area contributed by atoms with E-state index in [0.717, 1.165) is 16.7 Å². The summed E-state index contributed by atoms with van der Waals surface area (Å²) in [7, 11) is 0. The minimum atomic E-state index is -1.04. The SMILES string of the molecule is Cc1ccc(C)c(COc2ccc(C(=O)NC3(CC(=O)NO)CCN(C(=O)O)C(C(C)(C)C)C3)cc2)c1. The van der Waals surface area contributed by atoms with Gasteiger partial charge >= 0.3 is 6.09 Å². The van der Waals surface area contributed by atoms with Crippen LogP contribution in [0.25, 0.3) is 0 Å². The molecule has 0 spiro atoms. The van der Waals surface area contributed by atoms with E-state index in [4.69, 9.17) is 9.94 Å². The second-order valence-corrected chi connectivity index (χ2v) is 11.0. The molecule has 3 amide bonds. The maximum absolute atomic E-state index is 13.3. The molecule has 9 heteroatoms. The van der Waals surface area contributed by atoms with Crippen molar-refractivity contribution in [2.45, 2.75) is 72.1 Å². The van der Waals surface area contributed by atoms with Crippen LogP contribution in [0.1, 0.15) is 67.1 Å². The summed E-state index contributed by atoms with van der Waals surface area (Å²) in [6.45, 7) is 10.4. The summed E-state index contributed by atoms with van der Waals surface area (Å²) < 4.78 is 5.91. The van der Waals surface area contributed by atoms with E-state index in [0.29, 0.717) is 17.9 Å². The third-order valence-corrected chi connectivity index (χ3v) is 7.05. The van der Waals surface area contributed by atoms with E-state index in [1.54, 1.807) is 29.7 Å². The Kier molecular flexibility index (Phi) is 8.48. The smallest absolute Gasteiger partial charge is 0.407 e. The Balaban J connectivity index is 1.76. The number of piperidine rings is 1. The highest BCUT2D eigenvalue weighted by Crippen LogP contribution is 2.38. The number of hydroxylamine groups is 1. The molecule has 37 heavy (non-hydrogen) atoms. The number of hydrogen-bond donors (Lipinski definition) is 4. The first-order valence-electron chi connectivity index (χ1n) is 12.4. The highest BCUT2D eigenvalue weighted by Gasteiger charge is 2.47. The Morgan fingerprint density at radius 1 is 1.11 bits per heavy atom. The number of carbonyl (C=O) groups is 3. The monoisotopic (exact) mass is 511 g/mol. The van der Waals surface area contributed by atoms with Crippen molar-refractivity contribution in [2.24, 2.45) is 5.41 Å². The first-order valence-corrected chi connectivity index (χ1v) is 12.4. The van der Waals surface area contributed by atoms with Crippen molar-refractivity contribution in [1.82, 2.24) is 15.7 Å². The fourth-order valence-electron chi connectivity index (χ4n) is 4.87. The number of aryl methyl sites for hydroxylation is 2. The van der Waals surface area contributed by atoms with Crippen LogP contribution in [0.2, 0.25) is 0 Å². The number of hydrogen-bond acceptors (Lipinski definition) is 5. The molecule has 2 aromatic carbocycles. The molecule has 2 unspecified atom stereocenters. The largest absolute Gasteiger partial charge is 0.489 e. The number of nitrogens with one attached hydrogen (secondary N) is 2. The lowest BCUT2D eigenvalue weighted by atomic mass is 9.72. The van der Waals surface area contributed by atoms with Crippen LogP contribution in [0.3, 0.4) is 0 Å². The Bertz CT molecular complexity index is 1140. The summed E-state index contributed by atoms with van der Waals surface area (Å²) in [4.78, 5) is 38.7. The molecule has 0 radical (unpaired) electrons. The fourth-order valence-corrected chi connectivity index (χ4v) is 4.87. The molecular formula is C28H37N3O6. The summed E-state index contributed by atoms with van der Waals surface area (Å²) in [5.41, 5.74) is 3.96. The van der Waals surface area contributed by atoms with Crippen LogP contribution in [0.15, 0.2) is 42.5 Å². The van der Waals surface area contributed by atoms with E-state index in [-0.39, 0.29) is 31.7 Å². The van der Waals surface area contributed by atoms with Gasteiger partial charge in [-0.1, -0.05) is 44.5 Å². The summed E-state index contributed by atoms with van der Waals surface area (Å²) in [6.07, 6.45) is -0.740. The van der Waals surface area contributed by atoms with Gasteiger partial charge in [0.15, 0.2) is 0 Å². The highest BCUT2D eigenvalue weighted by atomic mass is 16.5. The summed E-state index contributed by atoms with van der Waals surface area (Å²) in [5, 5.41) is 21.9. The number of amides is 3. The Morgan fingerprint density at radius 3 is 2.38 bits per heavy atom. The third-order valence-electron chi connectivity index (χ3n) is 7.05. The average molecular weight is 512 g/mol. The molecule has 0 aromatic heterocycles. The standard InChI is InChI=1S/C28H37N3O6/c1-18-6-7-19(2)21(14-18)17-37-22-10-8-20(9-11-22)25(33)29-28(16-24(32)30-36)12-13-31(26(34)35)23(15-28)27(3,4)5/h6-11,14,23,36H,12-13,15-17H2,1-5H3,(H,29,33)(H,30,32)(H,34,35). The quantitative estimate of drug-likeness (QED) is 0.322. The maximum Gasteiger partial charge on any atom is 0.407 e. The number of likely N-dealkylation sites (tertiary alicyclic amines) is 1. The number of carboxylic acid groups (broad SMARTS) is 1. The lowest BCUT2D eigenvalue weighted by Gasteiger charge is -2.50. The van der Waals surface area contributed by atoms with E-state index >= 15 is 0 Å². The number of benzene rings is 2. The molecule has 2 aromatic rings. The van der Waals surface area contributed by atoms with Crippen LogP contribution < -0.4 is 15.5 Å². The molecule has 0 aliphatic carbocycles. The molecule has 1 aliphatic heterocycles. The Hall–Kier alpha value is -3.59. The molecule has 4 N–H and O–H groups in total. The van der Waals surface area contributed by atoms with Crippen molar-refractivity contribution in [3.8, 4) is 5.75 Å². The molecule has 0 saturated carbocycles. The highest BCUT2D eigenvalue weighted by molar-refractivity contribution is 5.95. The van der Waals surface area contributed by atoms with Gasteiger partial charge in [0.05, 0.1) is 12.0 Å². The van der Waals surface area contributed by atoms with Crippen molar-refractivity contribution < 1.29 is 29.4 Å². The van der Waals surface area contributed by atoms with E-state index in [1.807, 2.05) is 34.6 Å². The first kappa shape index (κ1) is 28.0. The van der Waals surface area contributed by atoms with Crippen LogP contribution in [0, 0.1) is 19.3 Å². The predicted molar refractivity (Wildman–Crippen MR) is 139 cm³/mol. The van der Waals surface area contributed by atoms with Crippen molar-refractivity contribution in [1.29, 1.82) is 0 Å². The second kappa shape index (κ2) is 11.2. The van der Waals surface area contributed by atoms with Crippen molar-refractivity contribution >= 4 is 17.9 Å². The van der Waals surface area contributed by atoms with Crippen LogP contribution >= 0.6 is 0 Å². The van der Waals surface area contributed by atoms with Gasteiger partial charge in [-0.2, -0.15) is 0 Å². The number of ether oxygens (including phenoxy) is 1. The van der Waals surface area contributed by atoms with Gasteiger partial charge in [0.1, 0.15) is 12.4 Å². The Morgan fingerprint density at radius 2 is 1.78 bits per heavy atom. The topological polar surface area (TPSA) is 128 Å². The van der Waals surface area contributed by atoms with E-state index < -0.39 is 29.0 Å². The molecule has 1 aliphatic rings. The average Bonchev–Trinajstić information content (AvgIpc) is 2.84. The van der Waals surface area contributed by atoms with Crippen LogP contribution in [-0.2, 0) is 11.4 Å². The number of carbonyl (C=O) groups excluding carboxylic acids is 2. The molecule has 3 rings (SSSR count). The van der Waals surface area contributed by atoms with Gasteiger partial charge in [0, 0.05) is 18.2 Å². The molecule has 200 valence electrons. The zero-order chi connectivity index (χ0) is 27.4. The first-order chi connectivity index (χ1) is 17.3. The summed E-state index contributed by atoms with van der Waals surface area (Å²) in [5.74, 6) is -0.412. The zero-order valence-electron chi connectivity index (χ0n) is 22.1. The maximum atomic E-state index is 13.3. The molecule has 2 atom stereocenters. The molecule has 1 heterocycles. The lowest BCUT2D eigenvalue weighted by molar-refractivity contribution is -0.131. The Labute approximate surface area is 217 Å². The van der Waals surface area contributed by atoms with Gasteiger partial charge in [0.25, 0.3) is 5.91 Å². The van der Waals surface area contributed by atoms with E-state index in [9.17, 15) is 19.5 Å². The van der Waals surface area contributed by atoms with Crippen molar-refractivity contribution in [3.63, 3.8) is 0 Å². The van der Waals surface area contributed by atoms with Gasteiger partial charge < -0.3 is 20.1 Å². The lowest BCUT2D eigenvalue weighted by Crippen LogP contribution is -2.63. The van der Waals surface area contributed by atoms with Gasteiger partial charge in [-0.15, -0.1) is 0 Å². The molecule has 9 nitrogen and oxygen atoms in total. The summed E-state index contributed by atoms with van der Waals surface area (Å²) >= 11 is 0. The second-order valence-electron chi connectivity index (χ2n) is 11.0. The molecule has 0 bridgehead atoms. The third kappa shape index (κ3) is 7.01. The van der Waals surface area contributed by atoms with Crippen LogP contribution in [0.5, 0.6) is 5.75 Å². The number of nitrogens with zero attached hydrogens (tertiary/aromatic N) is 1. The predicted octanol–water partition coefficient (Wildman–Crippen LogP) is 4.44. The minimum Gasteiger partial charge on any atom is -0.489 e.